The van der Waals surface area contributed by atoms with Crippen LogP contribution < -0.4 is 15.5 Å². The van der Waals surface area contributed by atoms with Crippen molar-refractivity contribution in [3.8, 4) is 0 Å². The van der Waals surface area contributed by atoms with Gasteiger partial charge in [-0.2, -0.15) is 0 Å². The second-order valence-electron chi connectivity index (χ2n) is 5.89. The van der Waals surface area contributed by atoms with Gasteiger partial charge in [-0.25, -0.2) is 4.98 Å². The number of piperazine rings is 1. The maximum Gasteiger partial charge on any atom is 0.270 e. The second kappa shape index (κ2) is 6.87. The lowest BCUT2D eigenvalue weighted by atomic mass is 9.93. The number of ketones is 2. The van der Waals surface area contributed by atoms with E-state index in [-0.39, 0.29) is 29.6 Å². The van der Waals surface area contributed by atoms with E-state index >= 15 is 0 Å². The topological polar surface area (TPSA) is 91.4 Å². The Labute approximate surface area is 134 Å². The number of anilines is 1. The molecule has 1 unspecified atom stereocenters. The molecule has 122 valence electrons. The van der Waals surface area contributed by atoms with Crippen LogP contribution in [0.2, 0.25) is 0 Å². The van der Waals surface area contributed by atoms with Crippen molar-refractivity contribution in [2.24, 2.45) is 0 Å². The Morgan fingerprint density at radius 2 is 2.04 bits per heavy atom. The first-order chi connectivity index (χ1) is 11.1. The number of hydrogen-bond donors (Lipinski definition) is 2. The van der Waals surface area contributed by atoms with Crippen LogP contribution in [0.1, 0.15) is 29.8 Å². The monoisotopic (exact) mass is 316 g/mol. The minimum atomic E-state index is -0.574. The van der Waals surface area contributed by atoms with Crippen molar-refractivity contribution in [2.75, 3.05) is 31.1 Å². The molecule has 1 aliphatic carbocycles. The fraction of sp³-hybridized carbons (Fsp3) is 0.500. The third kappa shape index (κ3) is 3.73. The van der Waals surface area contributed by atoms with E-state index in [1.807, 2.05) is 6.07 Å². The highest BCUT2D eigenvalue weighted by atomic mass is 16.2. The van der Waals surface area contributed by atoms with Crippen LogP contribution in [0.5, 0.6) is 0 Å². The van der Waals surface area contributed by atoms with Gasteiger partial charge in [0, 0.05) is 32.6 Å². The molecule has 1 amide bonds. The summed E-state index contributed by atoms with van der Waals surface area (Å²) in [6.07, 6.45) is 2.32. The summed E-state index contributed by atoms with van der Waals surface area (Å²) < 4.78 is 0. The molecule has 0 radical (unpaired) electrons. The van der Waals surface area contributed by atoms with Crippen LogP contribution in [0.4, 0.5) is 5.69 Å². The van der Waals surface area contributed by atoms with E-state index in [9.17, 15) is 14.4 Å². The summed E-state index contributed by atoms with van der Waals surface area (Å²) in [6.45, 7) is 3.70. The summed E-state index contributed by atoms with van der Waals surface area (Å²) in [6, 6.07) is 2.97. The lowest BCUT2D eigenvalue weighted by Gasteiger charge is -2.29. The standard InChI is InChI=1S/C16H20N4O3/c21-12-2-4-13(15(22)9-12)19-16(23)14-3-1-11(10-18-14)20-7-5-17-6-8-20/h1,3,10,13,17H,2,4-9H2,(H,19,23). The molecule has 0 aromatic carbocycles. The van der Waals surface area contributed by atoms with Gasteiger partial charge in [0.05, 0.1) is 24.3 Å². The van der Waals surface area contributed by atoms with E-state index in [2.05, 4.69) is 20.5 Å². The fourth-order valence-electron chi connectivity index (χ4n) is 2.89. The number of carbonyl (C=O) groups excluding carboxylic acids is 3. The van der Waals surface area contributed by atoms with Crippen LogP contribution in [0, 0.1) is 0 Å². The summed E-state index contributed by atoms with van der Waals surface area (Å²) in [4.78, 5) is 41.6. The maximum absolute atomic E-state index is 12.2. The van der Waals surface area contributed by atoms with Gasteiger partial charge in [0.1, 0.15) is 11.5 Å². The average Bonchev–Trinajstić information content (AvgIpc) is 2.58. The lowest BCUT2D eigenvalue weighted by Crippen LogP contribution is -2.44. The Bertz CT molecular complexity index is 608. The highest BCUT2D eigenvalue weighted by Gasteiger charge is 2.28. The third-order valence-electron chi connectivity index (χ3n) is 4.24. The van der Waals surface area contributed by atoms with Crippen LogP contribution >= 0.6 is 0 Å². The quantitative estimate of drug-likeness (QED) is 0.758. The fourth-order valence-corrected chi connectivity index (χ4v) is 2.89. The van der Waals surface area contributed by atoms with Crippen LogP contribution in [-0.2, 0) is 9.59 Å². The van der Waals surface area contributed by atoms with Gasteiger partial charge in [-0.3, -0.25) is 14.4 Å². The zero-order valence-corrected chi connectivity index (χ0v) is 12.9. The number of carbonyl (C=O) groups is 3. The largest absolute Gasteiger partial charge is 0.368 e. The number of nitrogens with one attached hydrogen (secondary N) is 2. The van der Waals surface area contributed by atoms with Gasteiger partial charge in [-0.15, -0.1) is 0 Å². The van der Waals surface area contributed by atoms with Crippen molar-refractivity contribution in [3.05, 3.63) is 24.0 Å². The van der Waals surface area contributed by atoms with E-state index in [1.165, 1.54) is 0 Å². The van der Waals surface area contributed by atoms with Crippen molar-refractivity contribution in [1.29, 1.82) is 0 Å². The summed E-state index contributed by atoms with van der Waals surface area (Å²) >= 11 is 0. The third-order valence-corrected chi connectivity index (χ3v) is 4.24. The minimum Gasteiger partial charge on any atom is -0.368 e. The van der Waals surface area contributed by atoms with Gasteiger partial charge < -0.3 is 15.5 Å². The van der Waals surface area contributed by atoms with Crippen LogP contribution in [0.15, 0.2) is 18.3 Å². The van der Waals surface area contributed by atoms with E-state index in [0.29, 0.717) is 12.8 Å². The Hall–Kier alpha value is -2.28. The van der Waals surface area contributed by atoms with Gasteiger partial charge >= 0.3 is 0 Å². The van der Waals surface area contributed by atoms with Gasteiger partial charge in [-0.1, -0.05) is 0 Å². The molecule has 23 heavy (non-hydrogen) atoms. The SMILES string of the molecule is O=C1CCC(NC(=O)c2ccc(N3CCNCC3)cn2)C(=O)C1. The smallest absolute Gasteiger partial charge is 0.270 e. The van der Waals surface area contributed by atoms with E-state index in [1.54, 1.807) is 12.3 Å². The first kappa shape index (κ1) is 15.6. The number of Topliss-reactive ketones (excluding diaryl/α,β-unsaturated/α-hetero) is 2. The molecular weight excluding hydrogens is 296 g/mol. The van der Waals surface area contributed by atoms with E-state index < -0.39 is 6.04 Å². The van der Waals surface area contributed by atoms with Crippen LogP contribution in [-0.4, -0.2) is 54.7 Å². The molecule has 1 saturated carbocycles. The Kier molecular flexibility index (Phi) is 4.66. The second-order valence-corrected chi connectivity index (χ2v) is 5.89. The van der Waals surface area contributed by atoms with Crippen molar-refractivity contribution in [1.82, 2.24) is 15.6 Å². The number of rotatable bonds is 3. The predicted molar refractivity (Wildman–Crippen MR) is 84.4 cm³/mol. The predicted octanol–water partition coefficient (Wildman–Crippen LogP) is -0.0883. The Morgan fingerprint density at radius 1 is 1.26 bits per heavy atom. The van der Waals surface area contributed by atoms with Crippen LogP contribution in [0.3, 0.4) is 0 Å². The highest BCUT2D eigenvalue weighted by Crippen LogP contribution is 2.15. The average molecular weight is 316 g/mol. The van der Waals surface area contributed by atoms with Crippen molar-refractivity contribution < 1.29 is 14.4 Å². The molecule has 7 nitrogen and oxygen atoms in total. The molecule has 2 fully saturated rings. The minimum absolute atomic E-state index is 0.0565. The summed E-state index contributed by atoms with van der Waals surface area (Å²) in [5.74, 6) is -0.643. The zero-order chi connectivity index (χ0) is 16.2. The van der Waals surface area contributed by atoms with Gasteiger partial charge in [0.15, 0.2) is 5.78 Å². The zero-order valence-electron chi connectivity index (χ0n) is 12.9. The molecule has 1 aromatic heterocycles. The van der Waals surface area contributed by atoms with Gasteiger partial charge in [0.25, 0.3) is 5.91 Å². The molecule has 3 rings (SSSR count). The maximum atomic E-state index is 12.2. The molecule has 1 saturated heterocycles. The lowest BCUT2D eigenvalue weighted by molar-refractivity contribution is -0.131. The molecule has 1 atom stereocenters. The molecule has 1 aliphatic heterocycles. The molecule has 7 heteroatoms. The molecular formula is C16H20N4O3. The number of hydrogen-bond acceptors (Lipinski definition) is 6. The summed E-state index contributed by atoms with van der Waals surface area (Å²) in [5.41, 5.74) is 1.27. The van der Waals surface area contributed by atoms with E-state index in [0.717, 1.165) is 31.9 Å². The number of pyridine rings is 1. The van der Waals surface area contributed by atoms with Crippen LogP contribution in [0.25, 0.3) is 0 Å². The molecule has 1 aromatic rings. The Balaban J connectivity index is 1.61. The van der Waals surface area contributed by atoms with E-state index in [4.69, 9.17) is 0 Å². The first-order valence-electron chi connectivity index (χ1n) is 7.90. The summed E-state index contributed by atoms with van der Waals surface area (Å²) in [5, 5.41) is 5.96. The molecule has 2 aliphatic rings. The highest BCUT2D eigenvalue weighted by molar-refractivity contribution is 6.06. The number of amides is 1. The number of nitrogens with zero attached hydrogens (tertiary/aromatic N) is 2. The molecule has 0 bridgehead atoms. The Morgan fingerprint density at radius 3 is 2.70 bits per heavy atom. The van der Waals surface area contributed by atoms with Crippen molar-refractivity contribution in [3.63, 3.8) is 0 Å². The van der Waals surface area contributed by atoms with Gasteiger partial charge in [0.2, 0.25) is 0 Å². The van der Waals surface area contributed by atoms with Gasteiger partial charge in [-0.05, 0) is 18.6 Å². The molecule has 0 spiro atoms. The van der Waals surface area contributed by atoms with Crippen molar-refractivity contribution >= 4 is 23.2 Å². The normalized spacial score (nSPS) is 22.1. The molecule has 2 N–H and O–H groups in total. The van der Waals surface area contributed by atoms with Crippen molar-refractivity contribution in [2.45, 2.75) is 25.3 Å². The number of aromatic nitrogens is 1. The molecule has 2 heterocycles. The summed E-state index contributed by atoms with van der Waals surface area (Å²) in [7, 11) is 0. The first-order valence-corrected chi connectivity index (χ1v) is 7.90.